The van der Waals surface area contributed by atoms with Crippen LogP contribution in [-0.4, -0.2) is 36.3 Å². The van der Waals surface area contributed by atoms with E-state index in [1.54, 1.807) is 11.9 Å². The number of anilines is 1. The van der Waals surface area contributed by atoms with Gasteiger partial charge in [0.1, 0.15) is 10.9 Å². The van der Waals surface area contributed by atoms with Crippen molar-refractivity contribution in [3.63, 3.8) is 0 Å². The van der Waals surface area contributed by atoms with Crippen LogP contribution in [0.1, 0.15) is 21.7 Å². The molecule has 1 saturated heterocycles. The second-order valence-electron chi connectivity index (χ2n) is 5.42. The van der Waals surface area contributed by atoms with E-state index in [0.29, 0.717) is 23.5 Å². The number of nitrogen functional groups attached to an aromatic ring is 1. The third kappa shape index (κ3) is 2.35. The molecule has 5 nitrogen and oxygen atoms in total. The molecule has 2 heterocycles. The van der Waals surface area contributed by atoms with E-state index in [9.17, 15) is 9.59 Å². The lowest BCUT2D eigenvalue weighted by Crippen LogP contribution is -2.40. The average Bonchev–Trinajstić information content (AvgIpc) is 2.94. The van der Waals surface area contributed by atoms with Crippen molar-refractivity contribution in [2.75, 3.05) is 19.3 Å². The first-order chi connectivity index (χ1) is 9.97. The van der Waals surface area contributed by atoms with Crippen molar-refractivity contribution in [1.82, 2.24) is 10.2 Å². The number of thiophene rings is 1. The zero-order valence-electron chi connectivity index (χ0n) is 12.0. The summed E-state index contributed by atoms with van der Waals surface area (Å²) in [6, 6.07) is 5.51. The Hall–Kier alpha value is -2.08. The minimum absolute atomic E-state index is 0.0427. The molecule has 1 atom stereocenters. The number of carbonyl (C=O) groups excluding carboxylic acids is 2. The van der Waals surface area contributed by atoms with Crippen LogP contribution in [0.25, 0.3) is 10.1 Å². The van der Waals surface area contributed by atoms with E-state index in [4.69, 9.17) is 5.73 Å². The van der Waals surface area contributed by atoms with Crippen LogP contribution < -0.4 is 11.1 Å². The lowest BCUT2D eigenvalue weighted by atomic mass is 10.1. The van der Waals surface area contributed by atoms with E-state index in [1.807, 2.05) is 25.1 Å². The Balaban J connectivity index is 1.88. The number of rotatable bonds is 2. The van der Waals surface area contributed by atoms with Gasteiger partial charge in [-0.1, -0.05) is 11.6 Å². The molecular weight excluding hydrogens is 286 g/mol. The number of fused-ring (bicyclic) bond motifs is 1. The smallest absolute Gasteiger partial charge is 0.264 e. The topological polar surface area (TPSA) is 75.4 Å². The molecule has 0 radical (unpaired) electrons. The van der Waals surface area contributed by atoms with Crippen molar-refractivity contribution in [1.29, 1.82) is 0 Å². The third-order valence-corrected chi connectivity index (χ3v) is 5.01. The highest BCUT2D eigenvalue weighted by Crippen LogP contribution is 2.34. The van der Waals surface area contributed by atoms with E-state index in [1.165, 1.54) is 11.3 Å². The minimum Gasteiger partial charge on any atom is -0.397 e. The molecule has 21 heavy (non-hydrogen) atoms. The number of hydrogen-bond donors (Lipinski definition) is 2. The fraction of sp³-hybridized carbons (Fsp3) is 0.333. The van der Waals surface area contributed by atoms with E-state index >= 15 is 0 Å². The molecule has 0 bridgehead atoms. The summed E-state index contributed by atoms with van der Waals surface area (Å²) >= 11 is 1.36. The van der Waals surface area contributed by atoms with Gasteiger partial charge >= 0.3 is 0 Å². The van der Waals surface area contributed by atoms with E-state index in [-0.39, 0.29) is 11.8 Å². The van der Waals surface area contributed by atoms with Gasteiger partial charge in [0, 0.05) is 23.7 Å². The normalized spacial score (nSPS) is 18.5. The van der Waals surface area contributed by atoms with Gasteiger partial charge in [0.15, 0.2) is 0 Å². The highest BCUT2D eigenvalue weighted by Gasteiger charge is 2.31. The van der Waals surface area contributed by atoms with Gasteiger partial charge in [-0.25, -0.2) is 0 Å². The van der Waals surface area contributed by atoms with Crippen LogP contribution in [0.4, 0.5) is 5.69 Å². The molecule has 110 valence electrons. The summed E-state index contributed by atoms with van der Waals surface area (Å²) in [5.74, 6) is -0.307. The second kappa shape index (κ2) is 5.04. The Morgan fingerprint density at radius 2 is 2.24 bits per heavy atom. The first-order valence-corrected chi connectivity index (χ1v) is 7.63. The average molecular weight is 303 g/mol. The minimum atomic E-state index is -0.436. The summed E-state index contributed by atoms with van der Waals surface area (Å²) in [6.45, 7) is 2.66. The van der Waals surface area contributed by atoms with Crippen molar-refractivity contribution in [2.45, 2.75) is 19.4 Å². The van der Waals surface area contributed by atoms with Crippen molar-refractivity contribution >= 4 is 38.9 Å². The summed E-state index contributed by atoms with van der Waals surface area (Å²) in [7, 11) is 1.74. The van der Waals surface area contributed by atoms with Crippen LogP contribution >= 0.6 is 11.3 Å². The van der Waals surface area contributed by atoms with Crippen molar-refractivity contribution in [2.24, 2.45) is 0 Å². The molecule has 1 aliphatic heterocycles. The van der Waals surface area contributed by atoms with Gasteiger partial charge in [0.25, 0.3) is 5.91 Å². The Morgan fingerprint density at radius 3 is 2.90 bits per heavy atom. The highest BCUT2D eigenvalue weighted by molar-refractivity contribution is 7.21. The number of likely N-dealkylation sites (tertiary alicyclic amines) is 1. The number of benzene rings is 1. The molecule has 1 aromatic carbocycles. The molecule has 3 N–H and O–H groups in total. The van der Waals surface area contributed by atoms with Crippen LogP contribution in [0.2, 0.25) is 0 Å². The first kappa shape index (κ1) is 13.9. The number of amides is 2. The van der Waals surface area contributed by atoms with Crippen molar-refractivity contribution in [3.05, 3.63) is 28.6 Å². The quantitative estimate of drug-likeness (QED) is 0.887. The summed E-state index contributed by atoms with van der Waals surface area (Å²) < 4.78 is 0.984. The van der Waals surface area contributed by atoms with Crippen LogP contribution in [0.15, 0.2) is 18.2 Å². The molecule has 2 amide bonds. The molecule has 2 aromatic rings. The Bertz CT molecular complexity index is 738. The number of nitrogens with one attached hydrogen (secondary N) is 1. The number of carbonyl (C=O) groups is 2. The van der Waals surface area contributed by atoms with E-state index in [0.717, 1.165) is 15.6 Å². The predicted octanol–water partition coefficient (Wildman–Crippen LogP) is 1.75. The molecular formula is C15H17N3O2S. The molecule has 1 aliphatic rings. The number of aryl methyl sites for hydroxylation is 1. The van der Waals surface area contributed by atoms with Gasteiger partial charge in [0.2, 0.25) is 5.91 Å². The molecule has 3 rings (SSSR count). The van der Waals surface area contributed by atoms with Gasteiger partial charge in [-0.3, -0.25) is 9.59 Å². The van der Waals surface area contributed by atoms with Gasteiger partial charge < -0.3 is 16.0 Å². The van der Waals surface area contributed by atoms with E-state index in [2.05, 4.69) is 5.32 Å². The van der Waals surface area contributed by atoms with Crippen LogP contribution in [0.3, 0.4) is 0 Å². The standard InChI is InChI=1S/C15H17N3O2S/c1-8-3-4-11-9(7-8)12(16)13(21-11)14(19)17-10-5-6-18(2)15(10)20/h3-4,7,10H,5-6,16H2,1-2H3,(H,17,19). The van der Waals surface area contributed by atoms with Crippen molar-refractivity contribution < 1.29 is 9.59 Å². The maximum absolute atomic E-state index is 12.4. The lowest BCUT2D eigenvalue weighted by molar-refractivity contribution is -0.128. The molecule has 0 saturated carbocycles. The second-order valence-corrected chi connectivity index (χ2v) is 6.47. The SMILES string of the molecule is Cc1ccc2sc(C(=O)NC3CCN(C)C3=O)c(N)c2c1. The van der Waals surface area contributed by atoms with Crippen molar-refractivity contribution in [3.8, 4) is 0 Å². The number of nitrogens with zero attached hydrogens (tertiary/aromatic N) is 1. The fourth-order valence-electron chi connectivity index (χ4n) is 2.58. The maximum atomic E-state index is 12.4. The zero-order valence-corrected chi connectivity index (χ0v) is 12.8. The fourth-order valence-corrected chi connectivity index (χ4v) is 3.59. The largest absolute Gasteiger partial charge is 0.397 e. The molecule has 0 spiro atoms. The van der Waals surface area contributed by atoms with Crippen LogP contribution in [-0.2, 0) is 4.79 Å². The molecule has 1 fully saturated rings. The number of hydrogen-bond acceptors (Lipinski definition) is 4. The predicted molar refractivity (Wildman–Crippen MR) is 84.5 cm³/mol. The number of likely N-dealkylation sites (N-methyl/N-ethyl adjacent to an activating group) is 1. The Labute approximate surface area is 126 Å². The van der Waals surface area contributed by atoms with E-state index < -0.39 is 6.04 Å². The monoisotopic (exact) mass is 303 g/mol. The third-order valence-electron chi connectivity index (χ3n) is 3.82. The maximum Gasteiger partial charge on any atom is 0.264 e. The molecule has 1 unspecified atom stereocenters. The summed E-state index contributed by atoms with van der Waals surface area (Å²) in [5.41, 5.74) is 7.70. The summed E-state index contributed by atoms with van der Waals surface area (Å²) in [6.07, 6.45) is 0.644. The molecule has 1 aromatic heterocycles. The van der Waals surface area contributed by atoms with Gasteiger partial charge in [0.05, 0.1) is 5.69 Å². The first-order valence-electron chi connectivity index (χ1n) is 6.82. The zero-order chi connectivity index (χ0) is 15.1. The van der Waals surface area contributed by atoms with Gasteiger partial charge in [-0.15, -0.1) is 11.3 Å². The summed E-state index contributed by atoms with van der Waals surface area (Å²) in [4.78, 5) is 26.3. The van der Waals surface area contributed by atoms with Gasteiger partial charge in [-0.05, 0) is 25.5 Å². The highest BCUT2D eigenvalue weighted by atomic mass is 32.1. The van der Waals surface area contributed by atoms with Gasteiger partial charge in [-0.2, -0.15) is 0 Å². The van der Waals surface area contributed by atoms with Crippen LogP contribution in [0.5, 0.6) is 0 Å². The molecule has 6 heteroatoms. The summed E-state index contributed by atoms with van der Waals surface area (Å²) in [5, 5.41) is 3.69. The lowest BCUT2D eigenvalue weighted by Gasteiger charge is -2.11. The number of nitrogens with two attached hydrogens (primary N) is 1. The molecule has 0 aliphatic carbocycles. The Kier molecular flexibility index (Phi) is 3.33. The van der Waals surface area contributed by atoms with Crippen LogP contribution in [0, 0.1) is 6.92 Å². The Morgan fingerprint density at radius 1 is 1.48 bits per heavy atom.